The lowest BCUT2D eigenvalue weighted by atomic mass is 9.70. The maximum Gasteiger partial charge on any atom is 0.316 e. The summed E-state index contributed by atoms with van der Waals surface area (Å²) in [7, 11) is 0. The summed E-state index contributed by atoms with van der Waals surface area (Å²) in [4.78, 5) is 99.4. The van der Waals surface area contributed by atoms with Crippen molar-refractivity contribution in [1.29, 1.82) is 0 Å². The first-order chi connectivity index (χ1) is 38.5. The number of Topliss-reactive ketones (excluding diaryl/α,β-unsaturated/α-hetero) is 4. The molecule has 0 amide bonds. The Kier molecular flexibility index (Phi) is 24.8. The fourth-order valence-corrected chi connectivity index (χ4v) is 13.5. The molecule has 2 unspecified atom stereocenters. The Bertz CT molecular complexity index is 2530. The lowest BCUT2D eigenvalue weighted by Gasteiger charge is -2.45. The summed E-state index contributed by atoms with van der Waals surface area (Å²) in [5.74, 6) is -5.95. The van der Waals surface area contributed by atoms with Gasteiger partial charge in [-0.05, 0) is 120 Å². The van der Waals surface area contributed by atoms with Gasteiger partial charge in [0.25, 0.3) is 0 Å². The standard InChI is InChI=1S/C36H54N2O7.C31H50O7/c1-12-28-36(13-2,19-29(39)38-15-14-37-20-38)18-23(5)30(40)22(4)17-35(10,11)32(26(8)31(41)27(9)33(42)44-28)45-34-25(7)21(3)16-24(6)43-34;1-12-24-31(35,13-2)16-19(5)25(32)18(4)15-30(10,11)27(22(8)26(33)23(9)28(34)37-24)38-29-21(7)17(3)14-20(6)36-29/h13-15,18,20-22,24-28,32,34H,2,12,16-17,19H2,1,3-11H3;13,16-18,20-24,27,29,35H,2,12,14-15H2,1,3-11H3/b23-18+;19-16+/t21-,22+,24+,25+,26-,27+,28+,32+,34?,36+;17-,18+,20+,21+,22-,23+,24+,27+,29?,31-/m00/s1. The molecule has 0 aliphatic carbocycles. The van der Waals surface area contributed by atoms with E-state index < -0.39 is 106 Å². The van der Waals surface area contributed by atoms with Crippen LogP contribution in [0.3, 0.4) is 0 Å². The summed E-state index contributed by atoms with van der Waals surface area (Å²) in [6, 6.07) is 0. The molecule has 4 aliphatic rings. The highest BCUT2D eigenvalue weighted by molar-refractivity contribution is 6.01. The maximum atomic E-state index is 14.0. The van der Waals surface area contributed by atoms with Gasteiger partial charge in [-0.1, -0.05) is 122 Å². The van der Waals surface area contributed by atoms with E-state index in [1.165, 1.54) is 36.2 Å². The minimum absolute atomic E-state index is 0.00720. The van der Waals surface area contributed by atoms with Gasteiger partial charge in [0, 0.05) is 54.3 Å². The Labute approximate surface area is 496 Å². The zero-order chi connectivity index (χ0) is 63.0. The molecular formula is C67H104N2O14. The topological polar surface area (TPSA) is 213 Å². The Hall–Kier alpha value is -4.74. The molecule has 16 heteroatoms. The lowest BCUT2D eigenvalue weighted by molar-refractivity contribution is -0.267. The average Bonchev–Trinajstić information content (AvgIpc) is 4.14. The van der Waals surface area contributed by atoms with Crippen molar-refractivity contribution in [2.75, 3.05) is 0 Å². The van der Waals surface area contributed by atoms with E-state index in [0.29, 0.717) is 42.2 Å². The normalized spacial score (nSPS) is 40.3. The third-order valence-corrected chi connectivity index (χ3v) is 18.9. The van der Waals surface area contributed by atoms with Gasteiger partial charge in [-0.15, -0.1) is 6.58 Å². The number of nitrogens with zero attached hydrogens (tertiary/aromatic N) is 2. The number of allylic oxidation sites excluding steroid dienone is 2. The van der Waals surface area contributed by atoms with Crippen LogP contribution in [0.15, 0.2) is 67.3 Å². The molecule has 16 nitrogen and oxygen atoms in total. The summed E-state index contributed by atoms with van der Waals surface area (Å²) in [6.45, 7) is 45.7. The van der Waals surface area contributed by atoms with E-state index in [2.05, 4.69) is 45.8 Å². The van der Waals surface area contributed by atoms with Crippen LogP contribution in [0.4, 0.5) is 0 Å². The number of ketones is 4. The fraction of sp³-hybridized carbons (Fsp3) is 0.731. The molecular weight excluding hydrogens is 1060 g/mol. The molecule has 2 fully saturated rings. The SMILES string of the molecule is C=C[C@]1(CC(=O)n2ccnc2)/C=C(\C)C(=O)[C@H](C)CC(C)(C)[C@H](OC2O[C@H](C)C[C@H](C)[C@H]2C)[C@@H](C)C(=O)[C@@H](C)C(=O)O[C@@H]1CC.C=C[C@]1(O)/C=C(\C)C(=O)[C@H](C)CC(C)(C)[C@H](OC2O[C@H](C)C[C@H](C)[C@H]2C)[C@@H](C)C(=O)[C@@H](C)C(=O)O[C@@H]1CC. The van der Waals surface area contributed by atoms with E-state index in [1.807, 2.05) is 62.3 Å². The third kappa shape index (κ3) is 16.8. The van der Waals surface area contributed by atoms with Crippen molar-refractivity contribution in [3.63, 3.8) is 0 Å². The molecule has 1 aromatic rings. The molecule has 4 aliphatic heterocycles. The predicted molar refractivity (Wildman–Crippen MR) is 319 cm³/mol. The monoisotopic (exact) mass is 1160 g/mol. The van der Waals surface area contributed by atoms with Crippen LogP contribution in [0.25, 0.3) is 0 Å². The van der Waals surface area contributed by atoms with E-state index in [9.17, 15) is 38.7 Å². The number of imidazole rings is 1. The van der Waals surface area contributed by atoms with Crippen LogP contribution in [0, 0.1) is 75.4 Å². The molecule has 2 saturated heterocycles. The van der Waals surface area contributed by atoms with Crippen LogP contribution < -0.4 is 0 Å². The van der Waals surface area contributed by atoms with Crippen molar-refractivity contribution in [1.82, 2.24) is 9.55 Å². The van der Waals surface area contributed by atoms with Crippen LogP contribution in [0.2, 0.25) is 0 Å². The Morgan fingerprint density at radius 1 is 0.663 bits per heavy atom. The molecule has 1 N–H and O–H groups in total. The van der Waals surface area contributed by atoms with Gasteiger partial charge in [-0.3, -0.25) is 38.1 Å². The summed E-state index contributed by atoms with van der Waals surface area (Å²) >= 11 is 0. The highest BCUT2D eigenvalue weighted by atomic mass is 16.7. The van der Waals surface area contributed by atoms with Gasteiger partial charge in [0.15, 0.2) is 35.7 Å². The van der Waals surface area contributed by atoms with Crippen molar-refractivity contribution < 1.29 is 67.1 Å². The number of aromatic nitrogens is 2. The predicted octanol–water partition coefficient (Wildman–Crippen LogP) is 12.1. The van der Waals surface area contributed by atoms with Gasteiger partial charge >= 0.3 is 11.9 Å². The quantitative estimate of drug-likeness (QED) is 0.131. The number of hydrogen-bond acceptors (Lipinski definition) is 15. The van der Waals surface area contributed by atoms with Crippen molar-refractivity contribution in [3.8, 4) is 0 Å². The molecule has 1 aromatic heterocycles. The lowest BCUT2D eigenvalue weighted by Crippen LogP contribution is -2.50. The first-order valence-electron chi connectivity index (χ1n) is 30.5. The van der Waals surface area contributed by atoms with E-state index in [-0.39, 0.29) is 65.9 Å². The number of hydrogen-bond donors (Lipinski definition) is 1. The van der Waals surface area contributed by atoms with Crippen molar-refractivity contribution in [3.05, 3.63) is 67.3 Å². The van der Waals surface area contributed by atoms with Crippen molar-refractivity contribution in [2.24, 2.45) is 75.4 Å². The number of aliphatic hydroxyl groups is 1. The number of rotatable bonds is 10. The zero-order valence-corrected chi connectivity index (χ0v) is 53.9. The van der Waals surface area contributed by atoms with Gasteiger partial charge in [0.05, 0.1) is 29.8 Å². The van der Waals surface area contributed by atoms with Crippen molar-refractivity contribution >= 4 is 41.0 Å². The minimum atomic E-state index is -1.74. The third-order valence-electron chi connectivity index (χ3n) is 18.9. The van der Waals surface area contributed by atoms with E-state index in [1.54, 1.807) is 59.9 Å². The molecule has 5 heterocycles. The number of ether oxygens (including phenoxy) is 6. The molecule has 0 radical (unpaired) electrons. The molecule has 83 heavy (non-hydrogen) atoms. The molecule has 0 saturated carbocycles. The first kappa shape index (κ1) is 70.7. The summed E-state index contributed by atoms with van der Waals surface area (Å²) < 4.78 is 38.9. The zero-order valence-electron chi connectivity index (χ0n) is 53.9. The second-order valence-electron chi connectivity index (χ2n) is 26.9. The Morgan fingerprint density at radius 3 is 1.45 bits per heavy atom. The molecule has 0 spiro atoms. The summed E-state index contributed by atoms with van der Waals surface area (Å²) in [6.07, 6.45) is 9.54. The highest BCUT2D eigenvalue weighted by Crippen LogP contribution is 2.45. The number of carbonyl (C=O) groups excluding carboxylic acids is 7. The molecule has 466 valence electrons. The van der Waals surface area contributed by atoms with Gasteiger partial charge in [-0.25, -0.2) is 4.98 Å². The van der Waals surface area contributed by atoms with Crippen LogP contribution in [0.1, 0.15) is 188 Å². The number of cyclic esters (lactones) is 2. The average molecular weight is 1160 g/mol. The second-order valence-corrected chi connectivity index (χ2v) is 26.9. The maximum absolute atomic E-state index is 14.0. The smallest absolute Gasteiger partial charge is 0.316 e. The minimum Gasteiger partial charge on any atom is -0.461 e. The molecule has 0 bridgehead atoms. The fourth-order valence-electron chi connectivity index (χ4n) is 13.5. The van der Waals surface area contributed by atoms with Crippen LogP contribution in [-0.4, -0.2) is 110 Å². The summed E-state index contributed by atoms with van der Waals surface area (Å²) in [5.41, 5.74) is -3.40. The van der Waals surface area contributed by atoms with Crippen molar-refractivity contribution in [2.45, 2.75) is 238 Å². The van der Waals surface area contributed by atoms with E-state index in [4.69, 9.17) is 28.4 Å². The van der Waals surface area contributed by atoms with Gasteiger partial charge in [-0.2, -0.15) is 0 Å². The molecule has 20 atom stereocenters. The largest absolute Gasteiger partial charge is 0.461 e. The van der Waals surface area contributed by atoms with Crippen LogP contribution in [0.5, 0.6) is 0 Å². The van der Waals surface area contributed by atoms with Gasteiger partial charge < -0.3 is 33.5 Å². The summed E-state index contributed by atoms with van der Waals surface area (Å²) in [5, 5.41) is 11.3. The second kappa shape index (κ2) is 29.1. The van der Waals surface area contributed by atoms with Crippen LogP contribution >= 0.6 is 0 Å². The molecule has 0 aromatic carbocycles. The van der Waals surface area contributed by atoms with Crippen LogP contribution in [-0.2, 0) is 57.2 Å². The Morgan fingerprint density at radius 2 is 1.07 bits per heavy atom. The Balaban J connectivity index is 0.000000362. The van der Waals surface area contributed by atoms with E-state index in [0.717, 1.165) is 12.8 Å². The first-order valence-corrected chi connectivity index (χ1v) is 30.5. The van der Waals surface area contributed by atoms with Gasteiger partial charge in [0.1, 0.15) is 36.0 Å². The van der Waals surface area contributed by atoms with E-state index >= 15 is 0 Å². The number of carbonyl (C=O) groups is 7. The molecule has 5 rings (SSSR count). The van der Waals surface area contributed by atoms with Gasteiger partial charge in [0.2, 0.25) is 5.91 Å². The number of esters is 2. The highest BCUT2D eigenvalue weighted by Gasteiger charge is 2.50.